The predicted octanol–water partition coefficient (Wildman–Crippen LogP) is 2.20. The Morgan fingerprint density at radius 3 is 3.00 bits per heavy atom. The molecule has 0 saturated heterocycles. The number of hydrogen-bond acceptors (Lipinski definition) is 4. The quantitative estimate of drug-likeness (QED) is 0.612. The van der Waals surface area contributed by atoms with Crippen molar-refractivity contribution >= 4 is 5.78 Å². The first-order chi connectivity index (χ1) is 9.56. The first kappa shape index (κ1) is 14.3. The minimum atomic E-state index is -0.317. The Kier molecular flexibility index (Phi) is 4.55. The highest BCUT2D eigenvalue weighted by molar-refractivity contribution is 5.75. The van der Waals surface area contributed by atoms with Crippen LogP contribution in [0.1, 0.15) is 37.1 Å². The van der Waals surface area contributed by atoms with Crippen molar-refractivity contribution < 1.29 is 14.5 Å². The molecule has 1 N–H and O–H groups in total. The fraction of sp³-hybridized carbons (Fsp3) is 0.500. The van der Waals surface area contributed by atoms with Gasteiger partial charge in [-0.25, -0.2) is 0 Å². The maximum atomic E-state index is 11.0. The third kappa shape index (κ3) is 3.69. The van der Waals surface area contributed by atoms with Gasteiger partial charge >= 0.3 is 0 Å². The number of rotatable bonds is 7. The molecule has 0 amide bonds. The Bertz CT molecular complexity index is 513. The van der Waals surface area contributed by atoms with E-state index in [1.54, 1.807) is 13.2 Å². The average Bonchev–Trinajstić information content (AvgIpc) is 3.05. The molecule has 20 heavy (non-hydrogen) atoms. The van der Waals surface area contributed by atoms with Crippen LogP contribution in [0, 0.1) is 10.1 Å². The van der Waals surface area contributed by atoms with Crippen LogP contribution in [0.4, 0.5) is 0 Å². The number of Topliss-reactive ketones (excluding diaryl/α,β-unsaturated/α-hetero) is 1. The van der Waals surface area contributed by atoms with E-state index >= 15 is 0 Å². The number of aryl methyl sites for hydroxylation is 1. The number of carbonyl (C=O) groups is 1. The molecule has 108 valence electrons. The largest absolute Gasteiger partial charge is 0.497 e. The first-order valence-electron chi connectivity index (χ1n) is 6.65. The SMILES string of the molecule is CC(=O)CCc1ccc(C(C[N+](=O)[O-])C2CC=CO2)[nH]1. The van der Waals surface area contributed by atoms with Crippen molar-refractivity contribution in [2.45, 2.75) is 38.2 Å². The van der Waals surface area contributed by atoms with Gasteiger partial charge in [-0.05, 0) is 31.6 Å². The van der Waals surface area contributed by atoms with Gasteiger partial charge in [-0.1, -0.05) is 0 Å². The molecule has 2 atom stereocenters. The van der Waals surface area contributed by atoms with Crippen LogP contribution in [0.2, 0.25) is 0 Å². The summed E-state index contributed by atoms with van der Waals surface area (Å²) >= 11 is 0. The molecular formula is C14H18N2O4. The van der Waals surface area contributed by atoms with Crippen molar-refractivity contribution in [2.75, 3.05) is 6.54 Å². The van der Waals surface area contributed by atoms with Crippen molar-refractivity contribution in [1.82, 2.24) is 4.98 Å². The molecule has 1 aliphatic heterocycles. The lowest BCUT2D eigenvalue weighted by atomic mass is 9.97. The van der Waals surface area contributed by atoms with Gasteiger partial charge in [0.2, 0.25) is 6.54 Å². The van der Waals surface area contributed by atoms with Gasteiger partial charge in [0.1, 0.15) is 17.8 Å². The normalized spacial score (nSPS) is 18.8. The lowest BCUT2D eigenvalue weighted by molar-refractivity contribution is -0.485. The highest BCUT2D eigenvalue weighted by atomic mass is 16.6. The lowest BCUT2D eigenvalue weighted by Crippen LogP contribution is -2.25. The highest BCUT2D eigenvalue weighted by Gasteiger charge is 2.31. The Labute approximate surface area is 117 Å². The highest BCUT2D eigenvalue weighted by Crippen LogP contribution is 2.27. The molecule has 6 nitrogen and oxygen atoms in total. The Balaban J connectivity index is 2.08. The van der Waals surface area contributed by atoms with E-state index in [0.29, 0.717) is 19.3 Å². The number of nitrogens with one attached hydrogen (secondary N) is 1. The number of nitrogens with zero attached hydrogens (tertiary/aromatic N) is 1. The molecule has 1 aromatic rings. The molecule has 0 radical (unpaired) electrons. The maximum Gasteiger partial charge on any atom is 0.215 e. The molecule has 0 fully saturated rings. The molecular weight excluding hydrogens is 260 g/mol. The van der Waals surface area contributed by atoms with E-state index in [-0.39, 0.29) is 29.3 Å². The van der Waals surface area contributed by atoms with Gasteiger partial charge in [0.15, 0.2) is 0 Å². The molecule has 1 aromatic heterocycles. The van der Waals surface area contributed by atoms with Crippen molar-refractivity contribution in [3.05, 3.63) is 46.0 Å². The molecule has 0 aromatic carbocycles. The predicted molar refractivity (Wildman–Crippen MR) is 73.0 cm³/mol. The van der Waals surface area contributed by atoms with Gasteiger partial charge in [0.05, 0.1) is 6.26 Å². The summed E-state index contributed by atoms with van der Waals surface area (Å²) in [4.78, 5) is 24.7. The number of ether oxygens (including phenoxy) is 1. The zero-order valence-corrected chi connectivity index (χ0v) is 11.4. The van der Waals surface area contributed by atoms with E-state index in [9.17, 15) is 14.9 Å². The zero-order valence-electron chi connectivity index (χ0n) is 11.4. The number of ketones is 1. The second kappa shape index (κ2) is 6.36. The van der Waals surface area contributed by atoms with E-state index < -0.39 is 0 Å². The number of H-pyrrole nitrogens is 1. The van der Waals surface area contributed by atoms with Crippen molar-refractivity contribution in [2.24, 2.45) is 0 Å². The molecule has 6 heteroatoms. The summed E-state index contributed by atoms with van der Waals surface area (Å²) < 4.78 is 5.42. The topological polar surface area (TPSA) is 85.2 Å². The second-order valence-electron chi connectivity index (χ2n) is 5.04. The van der Waals surface area contributed by atoms with Crippen molar-refractivity contribution in [1.29, 1.82) is 0 Å². The number of carbonyl (C=O) groups excluding carboxylic acids is 1. The van der Waals surface area contributed by atoms with Gasteiger partial charge in [-0.2, -0.15) is 0 Å². The minimum Gasteiger partial charge on any atom is -0.497 e. The van der Waals surface area contributed by atoms with Gasteiger partial charge in [0.25, 0.3) is 0 Å². The molecule has 0 bridgehead atoms. The zero-order chi connectivity index (χ0) is 14.5. The number of nitro groups is 1. The van der Waals surface area contributed by atoms with E-state index in [4.69, 9.17) is 4.74 Å². The summed E-state index contributed by atoms with van der Waals surface area (Å²) in [6.07, 6.45) is 5.06. The van der Waals surface area contributed by atoms with E-state index in [1.807, 2.05) is 18.2 Å². The molecule has 2 rings (SSSR count). The van der Waals surface area contributed by atoms with Gasteiger partial charge in [-0.3, -0.25) is 10.1 Å². The van der Waals surface area contributed by atoms with Crippen LogP contribution in [-0.4, -0.2) is 28.3 Å². The number of aromatic nitrogens is 1. The van der Waals surface area contributed by atoms with Crippen molar-refractivity contribution in [3.8, 4) is 0 Å². The molecule has 2 unspecified atom stereocenters. The van der Waals surface area contributed by atoms with E-state index in [2.05, 4.69) is 4.98 Å². The van der Waals surface area contributed by atoms with Crippen LogP contribution in [0.15, 0.2) is 24.5 Å². The summed E-state index contributed by atoms with van der Waals surface area (Å²) in [7, 11) is 0. The Morgan fingerprint density at radius 1 is 1.60 bits per heavy atom. The van der Waals surface area contributed by atoms with Gasteiger partial charge < -0.3 is 14.5 Å². The van der Waals surface area contributed by atoms with E-state index in [0.717, 1.165) is 11.4 Å². The monoisotopic (exact) mass is 278 g/mol. The van der Waals surface area contributed by atoms with Gasteiger partial charge in [0, 0.05) is 29.2 Å². The lowest BCUT2D eigenvalue weighted by Gasteiger charge is -2.18. The Hall–Kier alpha value is -2.11. The van der Waals surface area contributed by atoms with Crippen LogP contribution in [0.5, 0.6) is 0 Å². The van der Waals surface area contributed by atoms with Gasteiger partial charge in [-0.15, -0.1) is 0 Å². The van der Waals surface area contributed by atoms with Crippen LogP contribution in [-0.2, 0) is 16.0 Å². The third-order valence-electron chi connectivity index (χ3n) is 3.43. The molecule has 2 heterocycles. The first-order valence-corrected chi connectivity index (χ1v) is 6.65. The summed E-state index contributed by atoms with van der Waals surface area (Å²) in [6.45, 7) is 1.39. The third-order valence-corrected chi connectivity index (χ3v) is 3.43. The number of aromatic amines is 1. The standard InChI is InChI=1S/C14H18N2O4/c1-10(17)4-5-11-6-7-13(15-11)12(9-16(18)19)14-3-2-8-20-14/h2,6-8,12,14-15H,3-5,9H2,1H3. The van der Waals surface area contributed by atoms with Crippen molar-refractivity contribution in [3.63, 3.8) is 0 Å². The Morgan fingerprint density at radius 2 is 2.40 bits per heavy atom. The summed E-state index contributed by atoms with van der Waals surface area (Å²) in [6, 6.07) is 3.74. The second-order valence-corrected chi connectivity index (χ2v) is 5.04. The molecule has 0 aliphatic carbocycles. The number of hydrogen-bond donors (Lipinski definition) is 1. The van der Waals surface area contributed by atoms with Crippen LogP contribution < -0.4 is 0 Å². The molecule has 0 spiro atoms. The molecule has 1 aliphatic rings. The minimum absolute atomic E-state index is 0.131. The fourth-order valence-corrected chi connectivity index (χ4v) is 2.37. The van der Waals surface area contributed by atoms with Crippen LogP contribution in [0.3, 0.4) is 0 Å². The average molecular weight is 278 g/mol. The smallest absolute Gasteiger partial charge is 0.215 e. The van der Waals surface area contributed by atoms with E-state index in [1.165, 1.54) is 0 Å². The summed E-state index contributed by atoms with van der Waals surface area (Å²) in [5, 5.41) is 10.8. The summed E-state index contributed by atoms with van der Waals surface area (Å²) in [5.41, 5.74) is 1.73. The van der Waals surface area contributed by atoms with Crippen LogP contribution in [0.25, 0.3) is 0 Å². The summed E-state index contributed by atoms with van der Waals surface area (Å²) in [5.74, 6) is -0.169. The molecule has 0 saturated carbocycles. The fourth-order valence-electron chi connectivity index (χ4n) is 2.37. The van der Waals surface area contributed by atoms with Crippen LogP contribution >= 0.6 is 0 Å². The maximum absolute atomic E-state index is 11.0.